The van der Waals surface area contributed by atoms with Crippen LogP contribution >= 0.6 is 15.9 Å². The first kappa shape index (κ1) is 16.5. The molecule has 0 bridgehead atoms. The Morgan fingerprint density at radius 2 is 1.74 bits per heavy atom. The van der Waals surface area contributed by atoms with Crippen LogP contribution in [-0.2, 0) is 6.54 Å². The van der Waals surface area contributed by atoms with Gasteiger partial charge in [-0.25, -0.2) is 0 Å². The topological polar surface area (TPSA) is 24.5 Å². The lowest BCUT2D eigenvalue weighted by atomic mass is 10.2. The van der Waals surface area contributed by atoms with Crippen LogP contribution in [0, 0.1) is 0 Å². The third-order valence-corrected chi connectivity index (χ3v) is 4.65. The van der Waals surface area contributed by atoms with Gasteiger partial charge in [0, 0.05) is 23.6 Å². The molecule has 0 aliphatic carbocycles. The van der Waals surface area contributed by atoms with Gasteiger partial charge < -0.3 is 15.0 Å². The highest BCUT2D eigenvalue weighted by molar-refractivity contribution is 9.10. The van der Waals surface area contributed by atoms with E-state index in [0.29, 0.717) is 6.04 Å². The van der Waals surface area contributed by atoms with E-state index in [4.69, 9.17) is 4.74 Å². The molecule has 0 amide bonds. The minimum Gasteiger partial charge on any atom is -0.457 e. The van der Waals surface area contributed by atoms with Crippen molar-refractivity contribution < 1.29 is 4.74 Å². The van der Waals surface area contributed by atoms with Crippen molar-refractivity contribution in [3.63, 3.8) is 0 Å². The second kappa shape index (κ2) is 7.95. The summed E-state index contributed by atoms with van der Waals surface area (Å²) in [5.41, 5.74) is 1.31. The van der Waals surface area contributed by atoms with Crippen LogP contribution in [-0.4, -0.2) is 31.1 Å². The maximum atomic E-state index is 5.86. The number of benzene rings is 2. The number of hydrogen-bond acceptors (Lipinski definition) is 3. The SMILES string of the molecule is CN(Cc1ccc(Oc2ccc(Br)cc2)cc1)C[C@H]1CCCN1. The minimum atomic E-state index is 0.653. The van der Waals surface area contributed by atoms with Crippen LogP contribution in [0.15, 0.2) is 53.0 Å². The molecular formula is C19H23BrN2O. The number of halogens is 1. The fourth-order valence-corrected chi connectivity index (χ4v) is 3.23. The molecule has 1 saturated heterocycles. The van der Waals surface area contributed by atoms with Crippen molar-refractivity contribution in [3.05, 3.63) is 58.6 Å². The molecule has 122 valence electrons. The number of rotatable bonds is 6. The summed E-state index contributed by atoms with van der Waals surface area (Å²) in [7, 11) is 2.19. The Kier molecular flexibility index (Phi) is 5.70. The first-order chi connectivity index (χ1) is 11.2. The van der Waals surface area contributed by atoms with E-state index in [0.717, 1.165) is 29.1 Å². The second-order valence-electron chi connectivity index (χ2n) is 6.19. The third kappa shape index (κ3) is 5.06. The lowest BCUT2D eigenvalue weighted by molar-refractivity contribution is 0.293. The van der Waals surface area contributed by atoms with E-state index in [1.807, 2.05) is 36.4 Å². The van der Waals surface area contributed by atoms with Crippen molar-refractivity contribution in [2.24, 2.45) is 0 Å². The van der Waals surface area contributed by atoms with Gasteiger partial charge in [0.25, 0.3) is 0 Å². The smallest absolute Gasteiger partial charge is 0.127 e. The number of likely N-dealkylation sites (N-methyl/N-ethyl adjacent to an activating group) is 1. The largest absolute Gasteiger partial charge is 0.457 e. The Hall–Kier alpha value is -1.36. The van der Waals surface area contributed by atoms with Crippen LogP contribution < -0.4 is 10.1 Å². The summed E-state index contributed by atoms with van der Waals surface area (Å²) in [5, 5.41) is 3.55. The standard InChI is InChI=1S/C19H23BrN2O/c1-22(14-17-3-2-12-21-17)13-15-4-8-18(9-5-15)23-19-10-6-16(20)7-11-19/h4-11,17,21H,2-3,12-14H2,1H3/t17-/m1/s1. The fraction of sp³-hybridized carbons (Fsp3) is 0.368. The zero-order valence-electron chi connectivity index (χ0n) is 13.5. The van der Waals surface area contributed by atoms with Crippen molar-refractivity contribution in [1.82, 2.24) is 10.2 Å². The number of hydrogen-bond donors (Lipinski definition) is 1. The molecule has 0 radical (unpaired) electrons. The van der Waals surface area contributed by atoms with Gasteiger partial charge in [0.05, 0.1) is 0 Å². The van der Waals surface area contributed by atoms with Crippen molar-refractivity contribution in [2.75, 3.05) is 20.1 Å². The minimum absolute atomic E-state index is 0.653. The molecule has 4 heteroatoms. The summed E-state index contributed by atoms with van der Waals surface area (Å²) < 4.78 is 6.91. The van der Waals surface area contributed by atoms with Crippen molar-refractivity contribution in [1.29, 1.82) is 0 Å². The summed E-state index contributed by atoms with van der Waals surface area (Å²) in [4.78, 5) is 2.38. The molecule has 2 aromatic rings. The van der Waals surface area contributed by atoms with Gasteiger partial charge in [-0.1, -0.05) is 28.1 Å². The quantitative estimate of drug-likeness (QED) is 0.809. The van der Waals surface area contributed by atoms with Crippen molar-refractivity contribution in [2.45, 2.75) is 25.4 Å². The Labute approximate surface area is 146 Å². The number of ether oxygens (including phenoxy) is 1. The highest BCUT2D eigenvalue weighted by Crippen LogP contribution is 2.23. The van der Waals surface area contributed by atoms with Crippen LogP contribution in [0.1, 0.15) is 18.4 Å². The first-order valence-corrected chi connectivity index (χ1v) is 8.92. The highest BCUT2D eigenvalue weighted by Gasteiger charge is 2.15. The van der Waals surface area contributed by atoms with Gasteiger partial charge in [-0.3, -0.25) is 0 Å². The molecule has 1 atom stereocenters. The van der Waals surface area contributed by atoms with E-state index in [1.165, 1.54) is 24.9 Å². The van der Waals surface area contributed by atoms with Gasteiger partial charge in [-0.05, 0) is 68.4 Å². The maximum absolute atomic E-state index is 5.86. The van der Waals surface area contributed by atoms with E-state index in [2.05, 4.69) is 45.3 Å². The first-order valence-electron chi connectivity index (χ1n) is 8.13. The normalized spacial score (nSPS) is 17.6. The summed E-state index contributed by atoms with van der Waals surface area (Å²) in [6, 6.07) is 16.9. The van der Waals surface area contributed by atoms with E-state index >= 15 is 0 Å². The Morgan fingerprint density at radius 1 is 1.09 bits per heavy atom. The fourth-order valence-electron chi connectivity index (χ4n) is 2.97. The molecule has 1 aliphatic heterocycles. The number of nitrogens with one attached hydrogen (secondary N) is 1. The predicted octanol–water partition coefficient (Wildman–Crippen LogP) is 4.43. The van der Waals surface area contributed by atoms with Crippen molar-refractivity contribution in [3.8, 4) is 11.5 Å². The summed E-state index contributed by atoms with van der Waals surface area (Å²) in [6.07, 6.45) is 2.60. The average Bonchev–Trinajstić information content (AvgIpc) is 3.04. The zero-order valence-corrected chi connectivity index (χ0v) is 15.1. The zero-order chi connectivity index (χ0) is 16.1. The van der Waals surface area contributed by atoms with E-state index in [9.17, 15) is 0 Å². The highest BCUT2D eigenvalue weighted by atomic mass is 79.9. The van der Waals surface area contributed by atoms with E-state index < -0.39 is 0 Å². The van der Waals surface area contributed by atoms with Gasteiger partial charge in [-0.15, -0.1) is 0 Å². The molecule has 0 saturated carbocycles. The molecule has 3 nitrogen and oxygen atoms in total. The molecule has 3 rings (SSSR count). The van der Waals surface area contributed by atoms with E-state index in [1.54, 1.807) is 0 Å². The molecule has 23 heavy (non-hydrogen) atoms. The molecule has 0 aromatic heterocycles. The lowest BCUT2D eigenvalue weighted by Gasteiger charge is -2.21. The van der Waals surface area contributed by atoms with Gasteiger partial charge in [-0.2, -0.15) is 0 Å². The van der Waals surface area contributed by atoms with Crippen LogP contribution in [0.4, 0.5) is 0 Å². The molecule has 1 aliphatic rings. The number of nitrogens with zero attached hydrogens (tertiary/aromatic N) is 1. The molecule has 1 heterocycles. The van der Waals surface area contributed by atoms with Crippen LogP contribution in [0.25, 0.3) is 0 Å². The van der Waals surface area contributed by atoms with Crippen LogP contribution in [0.5, 0.6) is 11.5 Å². The molecule has 1 fully saturated rings. The van der Waals surface area contributed by atoms with Crippen LogP contribution in [0.2, 0.25) is 0 Å². The second-order valence-corrected chi connectivity index (χ2v) is 7.11. The maximum Gasteiger partial charge on any atom is 0.127 e. The van der Waals surface area contributed by atoms with Gasteiger partial charge in [0.15, 0.2) is 0 Å². The molecule has 1 N–H and O–H groups in total. The predicted molar refractivity (Wildman–Crippen MR) is 98.0 cm³/mol. The Bertz CT molecular complexity index is 606. The lowest BCUT2D eigenvalue weighted by Crippen LogP contribution is -2.34. The summed E-state index contributed by atoms with van der Waals surface area (Å²) in [5.74, 6) is 1.72. The molecule has 2 aromatic carbocycles. The summed E-state index contributed by atoms with van der Waals surface area (Å²) >= 11 is 3.43. The van der Waals surface area contributed by atoms with Gasteiger partial charge in [0.1, 0.15) is 11.5 Å². The Balaban J connectivity index is 1.52. The van der Waals surface area contributed by atoms with Gasteiger partial charge >= 0.3 is 0 Å². The molecular weight excluding hydrogens is 352 g/mol. The monoisotopic (exact) mass is 374 g/mol. The van der Waals surface area contributed by atoms with Crippen LogP contribution in [0.3, 0.4) is 0 Å². The third-order valence-electron chi connectivity index (χ3n) is 4.12. The average molecular weight is 375 g/mol. The Morgan fingerprint density at radius 3 is 2.35 bits per heavy atom. The molecule has 0 unspecified atom stereocenters. The summed E-state index contributed by atoms with van der Waals surface area (Å²) in [6.45, 7) is 3.24. The van der Waals surface area contributed by atoms with Crippen molar-refractivity contribution >= 4 is 15.9 Å². The molecule has 0 spiro atoms. The van der Waals surface area contributed by atoms with E-state index in [-0.39, 0.29) is 0 Å². The van der Waals surface area contributed by atoms with Gasteiger partial charge in [0.2, 0.25) is 0 Å².